The van der Waals surface area contributed by atoms with Gasteiger partial charge in [0.1, 0.15) is 0 Å². The average Bonchev–Trinajstić information content (AvgIpc) is 3.00. The van der Waals surface area contributed by atoms with Gasteiger partial charge in [0, 0.05) is 23.5 Å². The van der Waals surface area contributed by atoms with Gasteiger partial charge < -0.3 is 5.73 Å². The van der Waals surface area contributed by atoms with Crippen molar-refractivity contribution in [3.8, 4) is 0 Å². The molecular weight excluding hydrogens is 334 g/mol. The van der Waals surface area contributed by atoms with E-state index >= 15 is 0 Å². The highest BCUT2D eigenvalue weighted by Gasteiger charge is 2.14. The third-order valence-electron chi connectivity index (χ3n) is 3.65. The van der Waals surface area contributed by atoms with Crippen molar-refractivity contribution in [1.29, 1.82) is 0 Å². The Bertz CT molecular complexity index is 538. The topological polar surface area (TPSA) is 43.8 Å². The summed E-state index contributed by atoms with van der Waals surface area (Å²) in [5.74, 6) is 0. The van der Waals surface area contributed by atoms with Crippen LogP contribution in [0.15, 0.2) is 22.1 Å². The molecule has 2 N–H and O–H groups in total. The van der Waals surface area contributed by atoms with E-state index in [-0.39, 0.29) is 6.04 Å². The fourth-order valence-corrected chi connectivity index (χ4v) is 3.92. The minimum absolute atomic E-state index is 0.0232. The van der Waals surface area contributed by atoms with Crippen molar-refractivity contribution in [2.75, 3.05) is 0 Å². The Hall–Kier alpha value is -0.650. The molecule has 1 atom stereocenters. The Morgan fingerprint density at radius 2 is 2.10 bits per heavy atom. The van der Waals surface area contributed by atoms with Crippen LogP contribution in [0.5, 0.6) is 0 Å². The van der Waals surface area contributed by atoms with Crippen LogP contribution >= 0.6 is 27.3 Å². The fraction of sp³-hybridized carbons (Fsp3) is 0.533. The molecule has 0 spiro atoms. The first-order chi connectivity index (χ1) is 9.55. The first-order valence-electron chi connectivity index (χ1n) is 7.10. The van der Waals surface area contributed by atoms with E-state index in [9.17, 15) is 0 Å². The minimum atomic E-state index is 0.0232. The zero-order valence-electron chi connectivity index (χ0n) is 12.3. The predicted molar refractivity (Wildman–Crippen MR) is 89.2 cm³/mol. The molecule has 0 saturated heterocycles. The van der Waals surface area contributed by atoms with Crippen LogP contribution < -0.4 is 5.73 Å². The molecule has 20 heavy (non-hydrogen) atoms. The van der Waals surface area contributed by atoms with Gasteiger partial charge in [-0.25, -0.2) is 0 Å². The molecule has 0 aliphatic rings. The van der Waals surface area contributed by atoms with Crippen molar-refractivity contribution in [1.82, 2.24) is 9.78 Å². The zero-order chi connectivity index (χ0) is 14.7. The van der Waals surface area contributed by atoms with Crippen molar-refractivity contribution in [2.24, 2.45) is 5.73 Å². The lowest BCUT2D eigenvalue weighted by molar-refractivity contribution is 0.424. The number of aromatic nitrogens is 2. The molecule has 110 valence electrons. The van der Waals surface area contributed by atoms with Crippen molar-refractivity contribution >= 4 is 27.3 Å². The molecule has 0 aliphatic heterocycles. The van der Waals surface area contributed by atoms with Gasteiger partial charge in [-0.05, 0) is 53.4 Å². The van der Waals surface area contributed by atoms with Crippen LogP contribution in [0, 0.1) is 6.92 Å². The van der Waals surface area contributed by atoms with E-state index in [2.05, 4.69) is 64.8 Å². The SMILES string of the molecule is CCC(CC)n1ccc(CC(N)c2cc(C)c(Br)s2)n1. The van der Waals surface area contributed by atoms with E-state index in [0.29, 0.717) is 6.04 Å². The first-order valence-corrected chi connectivity index (χ1v) is 8.71. The largest absolute Gasteiger partial charge is 0.323 e. The number of thiophene rings is 1. The van der Waals surface area contributed by atoms with Crippen LogP contribution in [0.3, 0.4) is 0 Å². The molecule has 2 heterocycles. The van der Waals surface area contributed by atoms with Gasteiger partial charge in [-0.1, -0.05) is 13.8 Å². The van der Waals surface area contributed by atoms with Gasteiger partial charge in [-0.2, -0.15) is 5.10 Å². The molecule has 2 aromatic heterocycles. The molecule has 5 heteroatoms. The standard InChI is InChI=1S/C15H22BrN3S/c1-4-12(5-2)19-7-6-11(18-19)9-13(17)14-8-10(3)15(16)20-14/h6-8,12-13H,4-5,9,17H2,1-3H3. The van der Waals surface area contributed by atoms with E-state index in [0.717, 1.165) is 25.0 Å². The normalized spacial score (nSPS) is 13.1. The van der Waals surface area contributed by atoms with Gasteiger partial charge in [0.2, 0.25) is 0 Å². The quantitative estimate of drug-likeness (QED) is 0.821. The van der Waals surface area contributed by atoms with E-state index in [4.69, 9.17) is 5.73 Å². The second kappa shape index (κ2) is 6.87. The highest BCUT2D eigenvalue weighted by molar-refractivity contribution is 9.11. The van der Waals surface area contributed by atoms with Crippen LogP contribution in [0.4, 0.5) is 0 Å². The van der Waals surface area contributed by atoms with Crippen LogP contribution in [0.1, 0.15) is 54.9 Å². The number of hydrogen-bond donors (Lipinski definition) is 1. The van der Waals surface area contributed by atoms with Crippen LogP contribution in [0.25, 0.3) is 0 Å². The highest BCUT2D eigenvalue weighted by Crippen LogP contribution is 2.31. The summed E-state index contributed by atoms with van der Waals surface area (Å²) in [5, 5.41) is 4.68. The summed E-state index contributed by atoms with van der Waals surface area (Å²) < 4.78 is 3.25. The lowest BCUT2D eigenvalue weighted by atomic mass is 10.1. The summed E-state index contributed by atoms with van der Waals surface area (Å²) in [6.45, 7) is 6.50. The smallest absolute Gasteiger partial charge is 0.0731 e. The van der Waals surface area contributed by atoms with Gasteiger partial charge in [-0.15, -0.1) is 11.3 Å². The zero-order valence-corrected chi connectivity index (χ0v) is 14.7. The maximum atomic E-state index is 6.30. The molecule has 2 aromatic rings. The maximum absolute atomic E-state index is 6.30. The van der Waals surface area contributed by atoms with E-state index < -0.39 is 0 Å². The summed E-state index contributed by atoms with van der Waals surface area (Å²) in [6, 6.07) is 4.78. The van der Waals surface area contributed by atoms with Gasteiger partial charge in [0.05, 0.1) is 15.5 Å². The molecule has 0 aliphatic carbocycles. The summed E-state index contributed by atoms with van der Waals surface area (Å²) in [4.78, 5) is 1.21. The van der Waals surface area contributed by atoms with Crippen LogP contribution in [-0.4, -0.2) is 9.78 Å². The summed E-state index contributed by atoms with van der Waals surface area (Å²) in [7, 11) is 0. The first kappa shape index (κ1) is 15.7. The number of hydrogen-bond acceptors (Lipinski definition) is 3. The van der Waals surface area contributed by atoms with Crippen molar-refractivity contribution in [2.45, 2.75) is 52.1 Å². The fourth-order valence-electron chi connectivity index (χ4n) is 2.34. The van der Waals surface area contributed by atoms with Crippen molar-refractivity contribution in [3.63, 3.8) is 0 Å². The molecular formula is C15H22BrN3S. The maximum Gasteiger partial charge on any atom is 0.0731 e. The number of rotatable bonds is 6. The Morgan fingerprint density at radius 3 is 2.65 bits per heavy atom. The third-order valence-corrected chi connectivity index (χ3v) is 5.92. The number of halogens is 1. The summed E-state index contributed by atoms with van der Waals surface area (Å²) in [6.07, 6.45) is 5.09. The van der Waals surface area contributed by atoms with Crippen molar-refractivity contribution in [3.05, 3.63) is 38.3 Å². The summed E-state index contributed by atoms with van der Waals surface area (Å²) in [5.41, 5.74) is 8.63. The van der Waals surface area contributed by atoms with Crippen molar-refractivity contribution < 1.29 is 0 Å². The molecule has 1 unspecified atom stereocenters. The molecule has 0 fully saturated rings. The van der Waals surface area contributed by atoms with Crippen LogP contribution in [0.2, 0.25) is 0 Å². The number of nitrogens with two attached hydrogens (primary N) is 1. The Kier molecular flexibility index (Phi) is 5.41. The molecule has 3 nitrogen and oxygen atoms in total. The second-order valence-corrected chi connectivity index (χ2v) is 7.58. The van der Waals surface area contributed by atoms with Gasteiger partial charge >= 0.3 is 0 Å². The molecule has 2 rings (SSSR count). The predicted octanol–water partition coefficient (Wildman–Crippen LogP) is 4.62. The molecule has 0 bridgehead atoms. The monoisotopic (exact) mass is 355 g/mol. The third kappa shape index (κ3) is 3.51. The van der Waals surface area contributed by atoms with E-state index in [1.807, 2.05) is 0 Å². The molecule has 0 radical (unpaired) electrons. The average molecular weight is 356 g/mol. The highest BCUT2D eigenvalue weighted by atomic mass is 79.9. The molecule has 0 amide bonds. The van der Waals surface area contributed by atoms with E-state index in [1.54, 1.807) is 11.3 Å². The molecule has 0 aromatic carbocycles. The Labute approximate surface area is 133 Å². The summed E-state index contributed by atoms with van der Waals surface area (Å²) >= 11 is 5.28. The number of aryl methyl sites for hydroxylation is 1. The van der Waals surface area contributed by atoms with Gasteiger partial charge in [-0.3, -0.25) is 4.68 Å². The molecule has 0 saturated carbocycles. The van der Waals surface area contributed by atoms with Gasteiger partial charge in [0.25, 0.3) is 0 Å². The minimum Gasteiger partial charge on any atom is -0.323 e. The van der Waals surface area contributed by atoms with Crippen LogP contribution in [-0.2, 0) is 6.42 Å². The lowest BCUT2D eigenvalue weighted by Crippen LogP contribution is -2.13. The second-order valence-electron chi connectivity index (χ2n) is 5.17. The Balaban J connectivity index is 2.06. The van der Waals surface area contributed by atoms with E-state index in [1.165, 1.54) is 14.2 Å². The van der Waals surface area contributed by atoms with Gasteiger partial charge in [0.15, 0.2) is 0 Å². The number of nitrogens with zero attached hydrogens (tertiary/aromatic N) is 2. The lowest BCUT2D eigenvalue weighted by Gasteiger charge is -2.13. The Morgan fingerprint density at radius 1 is 1.40 bits per heavy atom.